The second-order valence-corrected chi connectivity index (χ2v) is 16.8. The molecule has 270 valence electrons. The summed E-state index contributed by atoms with van der Waals surface area (Å²) in [4.78, 5) is 2.41. The first-order valence-corrected chi connectivity index (χ1v) is 20.6. The Kier molecular flexibility index (Phi) is 7.77. The van der Waals surface area contributed by atoms with Gasteiger partial charge in [0.05, 0.1) is 0 Å². The van der Waals surface area contributed by atoms with Gasteiger partial charge in [-0.05, 0) is 127 Å². The molecule has 0 fully saturated rings. The standard InChI is InChI=1S/C55H39NS/c1-55(2)51-22-7-5-19-47(51)48-30-26-40(34-52(48)55)36-24-27-42(28-25-36)56(44-29-31-54-50(35-44)49-20-6-8-23-53(49)57-54)43-17-10-15-39(33-43)38-14-9-16-41(32-38)46-21-11-13-37-12-3-4-18-45(37)46/h3-35H,1-2H3. The van der Waals surface area contributed by atoms with Gasteiger partial charge in [0.25, 0.3) is 0 Å². The van der Waals surface area contributed by atoms with E-state index in [1.54, 1.807) is 0 Å². The van der Waals surface area contributed by atoms with Gasteiger partial charge < -0.3 is 4.90 Å². The number of rotatable bonds is 6. The fraction of sp³-hybridized carbons (Fsp3) is 0.0545. The van der Waals surface area contributed by atoms with E-state index in [0.717, 1.165) is 17.1 Å². The molecule has 0 N–H and O–H groups in total. The predicted octanol–water partition coefficient (Wildman–Crippen LogP) is 16.0. The highest BCUT2D eigenvalue weighted by Crippen LogP contribution is 2.50. The van der Waals surface area contributed by atoms with Crippen molar-refractivity contribution in [1.29, 1.82) is 0 Å². The maximum atomic E-state index is 2.41. The Morgan fingerprint density at radius 3 is 1.84 bits per heavy atom. The lowest BCUT2D eigenvalue weighted by Crippen LogP contribution is -2.14. The van der Waals surface area contributed by atoms with Crippen LogP contribution in [0.5, 0.6) is 0 Å². The van der Waals surface area contributed by atoms with Gasteiger partial charge in [-0.1, -0.05) is 153 Å². The number of nitrogens with zero attached hydrogens (tertiary/aromatic N) is 1. The van der Waals surface area contributed by atoms with Gasteiger partial charge in [0.2, 0.25) is 0 Å². The summed E-state index contributed by atoms with van der Waals surface area (Å²) < 4.78 is 2.62. The molecule has 0 bridgehead atoms. The number of fused-ring (bicyclic) bond motifs is 7. The van der Waals surface area contributed by atoms with Crippen LogP contribution >= 0.6 is 11.3 Å². The first kappa shape index (κ1) is 33.6. The van der Waals surface area contributed by atoms with E-state index in [4.69, 9.17) is 0 Å². The van der Waals surface area contributed by atoms with Gasteiger partial charge >= 0.3 is 0 Å². The van der Waals surface area contributed by atoms with Gasteiger partial charge in [-0.2, -0.15) is 0 Å². The van der Waals surface area contributed by atoms with Gasteiger partial charge in [-0.25, -0.2) is 0 Å². The summed E-state index contributed by atoms with van der Waals surface area (Å²) in [5, 5.41) is 5.11. The quantitative estimate of drug-likeness (QED) is 0.164. The summed E-state index contributed by atoms with van der Waals surface area (Å²) in [5.41, 5.74) is 16.1. The second-order valence-electron chi connectivity index (χ2n) is 15.7. The van der Waals surface area contributed by atoms with Gasteiger partial charge in [0, 0.05) is 42.6 Å². The molecule has 0 saturated heterocycles. The van der Waals surface area contributed by atoms with Crippen LogP contribution in [0.2, 0.25) is 0 Å². The van der Waals surface area contributed by atoms with E-state index in [2.05, 4.69) is 219 Å². The third-order valence-corrected chi connectivity index (χ3v) is 13.2. The van der Waals surface area contributed by atoms with E-state index in [1.165, 1.54) is 86.6 Å². The van der Waals surface area contributed by atoms with Crippen molar-refractivity contribution in [3.8, 4) is 44.5 Å². The molecular weight excluding hydrogens is 707 g/mol. The van der Waals surface area contributed by atoms with E-state index >= 15 is 0 Å². The molecule has 1 aromatic heterocycles. The molecule has 1 aliphatic rings. The van der Waals surface area contributed by atoms with Crippen LogP contribution in [0.25, 0.3) is 75.5 Å². The van der Waals surface area contributed by atoms with E-state index in [-0.39, 0.29) is 5.41 Å². The Bertz CT molecular complexity index is 3160. The van der Waals surface area contributed by atoms with Crippen molar-refractivity contribution in [2.24, 2.45) is 0 Å². The normalized spacial score (nSPS) is 12.9. The molecular formula is C55H39NS. The highest BCUT2D eigenvalue weighted by atomic mass is 32.1. The van der Waals surface area contributed by atoms with Gasteiger partial charge in [0.15, 0.2) is 0 Å². The van der Waals surface area contributed by atoms with Crippen molar-refractivity contribution in [2.75, 3.05) is 4.90 Å². The van der Waals surface area contributed by atoms with Gasteiger partial charge in [-0.15, -0.1) is 11.3 Å². The average molecular weight is 746 g/mol. The molecule has 0 saturated carbocycles. The number of hydrogen-bond acceptors (Lipinski definition) is 2. The van der Waals surface area contributed by atoms with Crippen molar-refractivity contribution < 1.29 is 0 Å². The molecule has 0 spiro atoms. The first-order chi connectivity index (χ1) is 28.0. The molecule has 1 heterocycles. The van der Waals surface area contributed by atoms with Crippen LogP contribution in [-0.2, 0) is 5.41 Å². The largest absolute Gasteiger partial charge is 0.310 e. The molecule has 1 nitrogen and oxygen atoms in total. The molecule has 9 aromatic carbocycles. The maximum Gasteiger partial charge on any atom is 0.0468 e. The minimum atomic E-state index is -0.0391. The molecule has 0 aliphatic heterocycles. The van der Waals surface area contributed by atoms with Crippen molar-refractivity contribution in [3.63, 3.8) is 0 Å². The molecule has 0 radical (unpaired) electrons. The van der Waals surface area contributed by atoms with Crippen LogP contribution < -0.4 is 4.90 Å². The van der Waals surface area contributed by atoms with Gasteiger partial charge in [-0.3, -0.25) is 0 Å². The van der Waals surface area contributed by atoms with E-state index in [0.29, 0.717) is 0 Å². The third kappa shape index (κ3) is 5.59. The molecule has 1 aliphatic carbocycles. The molecule has 0 unspecified atom stereocenters. The summed E-state index contributed by atoms with van der Waals surface area (Å²) in [6.45, 7) is 4.70. The minimum absolute atomic E-state index is 0.0391. The highest BCUT2D eigenvalue weighted by Gasteiger charge is 2.35. The Labute approximate surface area is 337 Å². The second kappa shape index (κ2) is 13.2. The predicted molar refractivity (Wildman–Crippen MR) is 245 cm³/mol. The SMILES string of the molecule is CC1(C)c2ccccc2-c2ccc(-c3ccc(N(c4cccc(-c5cccc(-c6cccc7ccccc67)c5)c4)c4ccc5sc6ccccc6c5c4)cc3)cc21. The Morgan fingerprint density at radius 1 is 0.351 bits per heavy atom. The first-order valence-electron chi connectivity index (χ1n) is 19.7. The zero-order valence-corrected chi connectivity index (χ0v) is 32.7. The number of hydrogen-bond donors (Lipinski definition) is 0. The average Bonchev–Trinajstić information content (AvgIpc) is 3.75. The van der Waals surface area contributed by atoms with Crippen LogP contribution in [0.4, 0.5) is 17.1 Å². The van der Waals surface area contributed by atoms with Crippen LogP contribution in [0.15, 0.2) is 200 Å². The van der Waals surface area contributed by atoms with E-state index in [1.807, 2.05) is 11.3 Å². The summed E-state index contributed by atoms with van der Waals surface area (Å²) in [6.07, 6.45) is 0. The summed E-state index contributed by atoms with van der Waals surface area (Å²) >= 11 is 1.86. The lowest BCUT2D eigenvalue weighted by molar-refractivity contribution is 0.660. The van der Waals surface area contributed by atoms with Crippen LogP contribution in [-0.4, -0.2) is 0 Å². The fourth-order valence-corrected chi connectivity index (χ4v) is 10.2. The summed E-state index contributed by atoms with van der Waals surface area (Å²) in [5.74, 6) is 0. The van der Waals surface area contributed by atoms with Crippen molar-refractivity contribution in [3.05, 3.63) is 211 Å². The minimum Gasteiger partial charge on any atom is -0.310 e. The Balaban J connectivity index is 1.01. The smallest absolute Gasteiger partial charge is 0.0468 e. The molecule has 57 heavy (non-hydrogen) atoms. The number of anilines is 3. The molecule has 0 atom stereocenters. The third-order valence-electron chi connectivity index (χ3n) is 12.1. The Morgan fingerprint density at radius 2 is 0.947 bits per heavy atom. The van der Waals surface area contributed by atoms with Crippen molar-refractivity contribution in [1.82, 2.24) is 0 Å². The Hall–Kier alpha value is -6.74. The lowest BCUT2D eigenvalue weighted by atomic mass is 9.81. The number of thiophene rings is 1. The van der Waals surface area contributed by atoms with Crippen molar-refractivity contribution in [2.45, 2.75) is 19.3 Å². The van der Waals surface area contributed by atoms with Crippen LogP contribution in [0.1, 0.15) is 25.0 Å². The lowest BCUT2D eigenvalue weighted by Gasteiger charge is -2.26. The summed E-state index contributed by atoms with van der Waals surface area (Å²) in [6, 6.07) is 73.9. The maximum absolute atomic E-state index is 2.41. The van der Waals surface area contributed by atoms with E-state index < -0.39 is 0 Å². The van der Waals surface area contributed by atoms with Crippen molar-refractivity contribution >= 4 is 59.3 Å². The molecule has 11 rings (SSSR count). The topological polar surface area (TPSA) is 3.24 Å². The molecule has 0 amide bonds. The monoisotopic (exact) mass is 745 g/mol. The van der Waals surface area contributed by atoms with E-state index in [9.17, 15) is 0 Å². The number of benzene rings is 9. The fourth-order valence-electron chi connectivity index (χ4n) is 9.16. The van der Waals surface area contributed by atoms with Gasteiger partial charge in [0.1, 0.15) is 0 Å². The zero-order valence-electron chi connectivity index (χ0n) is 31.9. The summed E-state index contributed by atoms with van der Waals surface area (Å²) in [7, 11) is 0. The zero-order chi connectivity index (χ0) is 38.1. The van der Waals surface area contributed by atoms with Crippen LogP contribution in [0.3, 0.4) is 0 Å². The molecule has 2 heteroatoms. The van der Waals surface area contributed by atoms with Crippen LogP contribution in [0, 0.1) is 0 Å². The molecule has 10 aromatic rings. The highest BCUT2D eigenvalue weighted by molar-refractivity contribution is 7.25.